The first kappa shape index (κ1) is 17.0. The Balaban J connectivity index is 1.69. The van der Waals surface area contributed by atoms with Gasteiger partial charge in [0.2, 0.25) is 0 Å². The highest BCUT2D eigenvalue weighted by atomic mass is 16.5. The SMILES string of the molecule is COC(=O)c1ccc(NC(=O)N2CCC[C@H]2c2ccc(C)cc2)cc1. The largest absolute Gasteiger partial charge is 0.465 e. The monoisotopic (exact) mass is 338 g/mol. The molecule has 0 saturated carbocycles. The smallest absolute Gasteiger partial charge is 0.337 e. The second-order valence-corrected chi connectivity index (χ2v) is 6.26. The first-order valence-electron chi connectivity index (χ1n) is 8.41. The highest BCUT2D eigenvalue weighted by Gasteiger charge is 2.29. The summed E-state index contributed by atoms with van der Waals surface area (Å²) in [6.07, 6.45) is 1.96. The zero-order valence-corrected chi connectivity index (χ0v) is 14.5. The third kappa shape index (κ3) is 3.82. The van der Waals surface area contributed by atoms with Crippen molar-refractivity contribution < 1.29 is 14.3 Å². The van der Waals surface area contributed by atoms with Crippen molar-refractivity contribution in [3.63, 3.8) is 0 Å². The number of methoxy groups -OCH3 is 1. The predicted molar refractivity (Wildman–Crippen MR) is 96.7 cm³/mol. The van der Waals surface area contributed by atoms with E-state index in [1.807, 2.05) is 4.90 Å². The predicted octanol–water partition coefficient (Wildman–Crippen LogP) is 4.15. The normalized spacial score (nSPS) is 16.6. The van der Waals surface area contributed by atoms with Crippen LogP contribution in [-0.4, -0.2) is 30.6 Å². The molecule has 1 fully saturated rings. The van der Waals surface area contributed by atoms with Gasteiger partial charge in [0.25, 0.3) is 0 Å². The molecule has 130 valence electrons. The van der Waals surface area contributed by atoms with Crippen molar-refractivity contribution in [1.29, 1.82) is 0 Å². The summed E-state index contributed by atoms with van der Waals surface area (Å²) in [6.45, 7) is 2.80. The number of urea groups is 1. The van der Waals surface area contributed by atoms with Crippen molar-refractivity contribution in [3.8, 4) is 0 Å². The molecule has 0 bridgehead atoms. The van der Waals surface area contributed by atoms with Crippen LogP contribution in [0.5, 0.6) is 0 Å². The summed E-state index contributed by atoms with van der Waals surface area (Å²) < 4.78 is 4.68. The highest BCUT2D eigenvalue weighted by Crippen LogP contribution is 2.32. The van der Waals surface area contributed by atoms with Crippen LogP contribution in [0.15, 0.2) is 48.5 Å². The number of benzene rings is 2. The molecule has 2 aromatic carbocycles. The number of anilines is 1. The molecule has 2 aromatic rings. The van der Waals surface area contributed by atoms with Crippen LogP contribution in [0.1, 0.15) is 40.4 Å². The Morgan fingerprint density at radius 2 is 1.76 bits per heavy atom. The highest BCUT2D eigenvalue weighted by molar-refractivity contribution is 5.92. The summed E-state index contributed by atoms with van der Waals surface area (Å²) in [4.78, 5) is 26.0. The van der Waals surface area contributed by atoms with Crippen LogP contribution in [0.3, 0.4) is 0 Å². The number of rotatable bonds is 3. The van der Waals surface area contributed by atoms with Crippen molar-refractivity contribution in [1.82, 2.24) is 4.90 Å². The number of carbonyl (C=O) groups excluding carboxylic acids is 2. The van der Waals surface area contributed by atoms with Gasteiger partial charge >= 0.3 is 12.0 Å². The summed E-state index contributed by atoms with van der Waals surface area (Å²) in [5, 5.41) is 2.91. The van der Waals surface area contributed by atoms with Crippen molar-refractivity contribution in [2.24, 2.45) is 0 Å². The summed E-state index contributed by atoms with van der Waals surface area (Å²) >= 11 is 0. The molecule has 5 nitrogen and oxygen atoms in total. The summed E-state index contributed by atoms with van der Waals surface area (Å²) in [5.74, 6) is -0.392. The van der Waals surface area contributed by atoms with Gasteiger partial charge in [0.05, 0.1) is 18.7 Å². The zero-order valence-electron chi connectivity index (χ0n) is 14.5. The van der Waals surface area contributed by atoms with Crippen LogP contribution in [0, 0.1) is 6.92 Å². The lowest BCUT2D eigenvalue weighted by Crippen LogP contribution is -2.34. The van der Waals surface area contributed by atoms with E-state index in [-0.39, 0.29) is 12.1 Å². The Morgan fingerprint density at radius 1 is 1.08 bits per heavy atom. The van der Waals surface area contributed by atoms with Crippen LogP contribution < -0.4 is 5.32 Å². The van der Waals surface area contributed by atoms with E-state index >= 15 is 0 Å². The molecule has 1 atom stereocenters. The first-order chi connectivity index (χ1) is 12.1. The zero-order chi connectivity index (χ0) is 17.8. The van der Waals surface area contributed by atoms with E-state index in [1.54, 1.807) is 24.3 Å². The topological polar surface area (TPSA) is 58.6 Å². The van der Waals surface area contributed by atoms with Gasteiger partial charge < -0.3 is 15.0 Å². The van der Waals surface area contributed by atoms with Crippen LogP contribution in [0.4, 0.5) is 10.5 Å². The number of ether oxygens (including phenoxy) is 1. The van der Waals surface area contributed by atoms with Crippen LogP contribution in [0.2, 0.25) is 0 Å². The van der Waals surface area contributed by atoms with E-state index in [9.17, 15) is 9.59 Å². The fraction of sp³-hybridized carbons (Fsp3) is 0.300. The molecular formula is C20H22N2O3. The third-order valence-electron chi connectivity index (χ3n) is 4.53. The number of carbonyl (C=O) groups is 2. The second-order valence-electron chi connectivity index (χ2n) is 6.26. The van der Waals surface area contributed by atoms with Gasteiger partial charge in [0, 0.05) is 12.2 Å². The minimum absolute atomic E-state index is 0.106. The number of esters is 1. The molecular weight excluding hydrogens is 316 g/mol. The lowest BCUT2D eigenvalue weighted by molar-refractivity contribution is 0.0600. The molecule has 1 aliphatic heterocycles. The number of amides is 2. The maximum Gasteiger partial charge on any atom is 0.337 e. The van der Waals surface area contributed by atoms with Crippen LogP contribution in [-0.2, 0) is 4.74 Å². The molecule has 2 amide bonds. The van der Waals surface area contributed by atoms with E-state index in [0.717, 1.165) is 19.4 Å². The van der Waals surface area contributed by atoms with E-state index in [0.29, 0.717) is 11.3 Å². The van der Waals surface area contributed by atoms with E-state index in [2.05, 4.69) is 41.2 Å². The lowest BCUT2D eigenvalue weighted by atomic mass is 10.0. The minimum Gasteiger partial charge on any atom is -0.465 e. The Labute approximate surface area is 147 Å². The number of nitrogens with one attached hydrogen (secondary N) is 1. The number of hydrogen-bond acceptors (Lipinski definition) is 3. The number of aryl methyl sites for hydroxylation is 1. The average molecular weight is 338 g/mol. The van der Waals surface area contributed by atoms with E-state index in [4.69, 9.17) is 0 Å². The Morgan fingerprint density at radius 3 is 2.40 bits per heavy atom. The Hall–Kier alpha value is -2.82. The van der Waals surface area contributed by atoms with Gasteiger partial charge in [0.15, 0.2) is 0 Å². The molecule has 1 saturated heterocycles. The average Bonchev–Trinajstić information content (AvgIpc) is 3.12. The molecule has 1 heterocycles. The molecule has 3 rings (SSSR count). The molecule has 5 heteroatoms. The fourth-order valence-corrected chi connectivity index (χ4v) is 3.15. The molecule has 1 N–H and O–H groups in total. The summed E-state index contributed by atoms with van der Waals surface area (Å²) in [7, 11) is 1.34. The van der Waals surface area contributed by atoms with Crippen molar-refractivity contribution in [2.45, 2.75) is 25.8 Å². The first-order valence-corrected chi connectivity index (χ1v) is 8.41. The summed E-state index contributed by atoms with van der Waals surface area (Å²) in [5.41, 5.74) is 3.49. The third-order valence-corrected chi connectivity index (χ3v) is 4.53. The van der Waals surface area contributed by atoms with Gasteiger partial charge in [0.1, 0.15) is 0 Å². The number of nitrogens with zero attached hydrogens (tertiary/aromatic N) is 1. The van der Waals surface area contributed by atoms with E-state index in [1.165, 1.54) is 18.2 Å². The van der Waals surface area contributed by atoms with Crippen molar-refractivity contribution in [2.75, 3.05) is 19.0 Å². The van der Waals surface area contributed by atoms with Gasteiger partial charge in [-0.2, -0.15) is 0 Å². The lowest BCUT2D eigenvalue weighted by Gasteiger charge is -2.25. The summed E-state index contributed by atoms with van der Waals surface area (Å²) in [6, 6.07) is 15.0. The van der Waals surface area contributed by atoms with Crippen LogP contribution >= 0.6 is 0 Å². The van der Waals surface area contributed by atoms with Crippen molar-refractivity contribution >= 4 is 17.7 Å². The molecule has 1 aliphatic rings. The number of hydrogen-bond donors (Lipinski definition) is 1. The van der Waals surface area contributed by atoms with Crippen molar-refractivity contribution in [3.05, 3.63) is 65.2 Å². The van der Waals surface area contributed by atoms with Gasteiger partial charge in [-0.1, -0.05) is 29.8 Å². The standard InChI is InChI=1S/C20H22N2O3/c1-14-5-7-15(8-6-14)18-4-3-13-22(18)20(24)21-17-11-9-16(10-12-17)19(23)25-2/h5-12,18H,3-4,13H2,1-2H3,(H,21,24)/t18-/m0/s1. The molecule has 0 radical (unpaired) electrons. The fourth-order valence-electron chi connectivity index (χ4n) is 3.15. The van der Waals surface area contributed by atoms with E-state index < -0.39 is 5.97 Å². The molecule has 0 spiro atoms. The maximum atomic E-state index is 12.7. The van der Waals surface area contributed by atoms with Gasteiger partial charge in [-0.15, -0.1) is 0 Å². The Bertz CT molecular complexity index is 754. The second kappa shape index (κ2) is 7.38. The van der Waals surface area contributed by atoms with Gasteiger partial charge in [-0.25, -0.2) is 9.59 Å². The van der Waals surface area contributed by atoms with Gasteiger partial charge in [-0.3, -0.25) is 0 Å². The molecule has 0 aliphatic carbocycles. The van der Waals surface area contributed by atoms with Crippen LogP contribution in [0.25, 0.3) is 0 Å². The molecule has 25 heavy (non-hydrogen) atoms. The Kier molecular flexibility index (Phi) is 5.03. The molecule has 0 unspecified atom stereocenters. The number of likely N-dealkylation sites (tertiary alicyclic amines) is 1. The van der Waals surface area contributed by atoms with Gasteiger partial charge in [-0.05, 0) is 49.6 Å². The maximum absolute atomic E-state index is 12.7. The minimum atomic E-state index is -0.392. The quantitative estimate of drug-likeness (QED) is 0.855. The molecule has 0 aromatic heterocycles.